The van der Waals surface area contributed by atoms with E-state index < -0.39 is 0 Å². The van der Waals surface area contributed by atoms with Crippen LogP contribution in [0.15, 0.2) is 12.1 Å². The van der Waals surface area contributed by atoms with E-state index in [0.717, 1.165) is 29.9 Å². The standard InChI is InChI=1S/C14H17ClN4O2/c1-20-12-6-11(13(21-2)5-9(12)15)19-14(8-3-4-8)10(7-16)17-18-19/h5-6,8H,3-4,7,16H2,1-2H3. The molecule has 1 saturated carbocycles. The predicted octanol–water partition coefficient (Wildman–Crippen LogP) is 2.27. The topological polar surface area (TPSA) is 75.2 Å². The van der Waals surface area contributed by atoms with Gasteiger partial charge in [0, 0.05) is 24.6 Å². The number of ether oxygens (including phenoxy) is 2. The fraction of sp³-hybridized carbons (Fsp3) is 0.429. The van der Waals surface area contributed by atoms with E-state index in [-0.39, 0.29) is 0 Å². The highest BCUT2D eigenvalue weighted by molar-refractivity contribution is 6.32. The third kappa shape index (κ3) is 2.45. The van der Waals surface area contributed by atoms with Crippen molar-refractivity contribution in [3.8, 4) is 17.2 Å². The Labute approximate surface area is 127 Å². The Morgan fingerprint density at radius 3 is 2.57 bits per heavy atom. The first kappa shape index (κ1) is 14.2. The lowest BCUT2D eigenvalue weighted by atomic mass is 10.2. The maximum atomic E-state index is 6.14. The summed E-state index contributed by atoms with van der Waals surface area (Å²) in [7, 11) is 3.17. The van der Waals surface area contributed by atoms with Crippen molar-refractivity contribution in [3.63, 3.8) is 0 Å². The second-order valence-corrected chi connectivity index (χ2v) is 5.38. The number of benzene rings is 1. The van der Waals surface area contributed by atoms with Crippen LogP contribution in [0.25, 0.3) is 5.69 Å². The lowest BCUT2D eigenvalue weighted by molar-refractivity contribution is 0.400. The zero-order valence-corrected chi connectivity index (χ0v) is 12.7. The molecule has 1 fully saturated rings. The molecule has 0 saturated heterocycles. The Bertz CT molecular complexity index is 667. The zero-order valence-electron chi connectivity index (χ0n) is 12.0. The van der Waals surface area contributed by atoms with Crippen LogP contribution in [-0.4, -0.2) is 29.2 Å². The molecule has 3 rings (SSSR count). The molecule has 2 aromatic rings. The molecule has 21 heavy (non-hydrogen) atoms. The second kappa shape index (κ2) is 5.54. The van der Waals surface area contributed by atoms with E-state index in [4.69, 9.17) is 26.8 Å². The van der Waals surface area contributed by atoms with Gasteiger partial charge in [-0.25, -0.2) is 4.68 Å². The highest BCUT2D eigenvalue weighted by atomic mass is 35.5. The summed E-state index contributed by atoms with van der Waals surface area (Å²) in [5.74, 6) is 1.65. The van der Waals surface area contributed by atoms with Gasteiger partial charge in [0.25, 0.3) is 0 Å². The molecule has 0 radical (unpaired) electrons. The number of hydrogen-bond donors (Lipinski definition) is 1. The van der Waals surface area contributed by atoms with Crippen LogP contribution in [-0.2, 0) is 6.54 Å². The van der Waals surface area contributed by atoms with Gasteiger partial charge in [-0.05, 0) is 12.8 Å². The summed E-state index contributed by atoms with van der Waals surface area (Å²) < 4.78 is 12.5. The maximum Gasteiger partial charge on any atom is 0.146 e. The second-order valence-electron chi connectivity index (χ2n) is 4.97. The summed E-state index contributed by atoms with van der Waals surface area (Å²) in [4.78, 5) is 0. The Hall–Kier alpha value is -1.79. The minimum atomic E-state index is 0.374. The number of rotatable bonds is 5. The van der Waals surface area contributed by atoms with E-state index in [1.165, 1.54) is 0 Å². The summed E-state index contributed by atoms with van der Waals surface area (Å²) in [6.07, 6.45) is 2.26. The van der Waals surface area contributed by atoms with Crippen LogP contribution >= 0.6 is 11.6 Å². The third-order valence-corrected chi connectivity index (χ3v) is 3.91. The summed E-state index contributed by atoms with van der Waals surface area (Å²) >= 11 is 6.14. The average Bonchev–Trinajstić information content (AvgIpc) is 3.26. The van der Waals surface area contributed by atoms with Crippen LogP contribution in [0.3, 0.4) is 0 Å². The average molecular weight is 309 g/mol. The molecule has 7 heteroatoms. The van der Waals surface area contributed by atoms with Crippen molar-refractivity contribution in [1.82, 2.24) is 15.0 Å². The van der Waals surface area contributed by atoms with Gasteiger partial charge >= 0.3 is 0 Å². The van der Waals surface area contributed by atoms with Gasteiger partial charge in [0.05, 0.1) is 24.9 Å². The van der Waals surface area contributed by atoms with E-state index in [1.54, 1.807) is 25.0 Å². The Morgan fingerprint density at radius 2 is 2.00 bits per heavy atom. The number of halogens is 1. The quantitative estimate of drug-likeness (QED) is 0.917. The van der Waals surface area contributed by atoms with Gasteiger partial charge in [-0.15, -0.1) is 5.10 Å². The fourth-order valence-corrected chi connectivity index (χ4v) is 2.65. The van der Waals surface area contributed by atoms with Crippen LogP contribution in [0.1, 0.15) is 30.1 Å². The van der Waals surface area contributed by atoms with Crippen LogP contribution in [0.5, 0.6) is 11.5 Å². The van der Waals surface area contributed by atoms with Crippen LogP contribution in [0, 0.1) is 0 Å². The molecule has 0 spiro atoms. The van der Waals surface area contributed by atoms with Crippen LogP contribution in [0.4, 0.5) is 0 Å². The van der Waals surface area contributed by atoms with Gasteiger partial charge in [-0.1, -0.05) is 16.8 Å². The number of methoxy groups -OCH3 is 2. The Kier molecular flexibility index (Phi) is 3.73. The van der Waals surface area contributed by atoms with E-state index in [2.05, 4.69) is 10.3 Å². The molecule has 0 amide bonds. The van der Waals surface area contributed by atoms with Crippen LogP contribution in [0.2, 0.25) is 5.02 Å². The number of nitrogens with two attached hydrogens (primary N) is 1. The summed E-state index contributed by atoms with van der Waals surface area (Å²) in [6.45, 7) is 0.374. The molecular formula is C14H17ClN4O2. The molecule has 1 heterocycles. The highest BCUT2D eigenvalue weighted by Gasteiger charge is 2.32. The van der Waals surface area contributed by atoms with Gasteiger partial charge in [0.15, 0.2) is 0 Å². The van der Waals surface area contributed by atoms with Gasteiger partial charge in [-0.2, -0.15) is 0 Å². The Balaban J connectivity index is 2.17. The minimum Gasteiger partial charge on any atom is -0.495 e. The fourth-order valence-electron chi connectivity index (χ4n) is 2.42. The molecular weight excluding hydrogens is 292 g/mol. The van der Waals surface area contributed by atoms with Gasteiger partial charge < -0.3 is 15.2 Å². The largest absolute Gasteiger partial charge is 0.495 e. The molecule has 0 aliphatic heterocycles. The van der Waals surface area contributed by atoms with Crippen molar-refractivity contribution in [2.45, 2.75) is 25.3 Å². The SMILES string of the molecule is COc1cc(-n2nnc(CN)c2C2CC2)c(OC)cc1Cl. The highest BCUT2D eigenvalue weighted by Crippen LogP contribution is 2.43. The number of nitrogens with zero attached hydrogens (tertiary/aromatic N) is 3. The van der Waals surface area contributed by atoms with Crippen LogP contribution < -0.4 is 15.2 Å². The molecule has 1 aromatic heterocycles. The first-order valence-electron chi connectivity index (χ1n) is 6.76. The minimum absolute atomic E-state index is 0.374. The zero-order chi connectivity index (χ0) is 15.0. The van der Waals surface area contributed by atoms with E-state index >= 15 is 0 Å². The van der Waals surface area contributed by atoms with Gasteiger partial charge in [0.2, 0.25) is 0 Å². The van der Waals surface area contributed by atoms with Gasteiger partial charge in [0.1, 0.15) is 22.9 Å². The first-order chi connectivity index (χ1) is 10.2. The molecule has 0 bridgehead atoms. The Morgan fingerprint density at radius 1 is 1.29 bits per heavy atom. The summed E-state index contributed by atoms with van der Waals surface area (Å²) in [5.41, 5.74) is 8.41. The molecule has 1 aromatic carbocycles. The number of hydrogen-bond acceptors (Lipinski definition) is 5. The molecule has 6 nitrogen and oxygen atoms in total. The first-order valence-corrected chi connectivity index (χ1v) is 7.13. The predicted molar refractivity (Wildman–Crippen MR) is 79.3 cm³/mol. The van der Waals surface area contributed by atoms with Crippen molar-refractivity contribution < 1.29 is 9.47 Å². The molecule has 0 unspecified atom stereocenters. The lowest BCUT2D eigenvalue weighted by Gasteiger charge is -2.13. The molecule has 1 aliphatic rings. The molecule has 0 atom stereocenters. The van der Waals surface area contributed by atoms with E-state index in [1.807, 2.05) is 6.07 Å². The van der Waals surface area contributed by atoms with Crippen molar-refractivity contribution in [3.05, 3.63) is 28.5 Å². The third-order valence-electron chi connectivity index (χ3n) is 3.62. The van der Waals surface area contributed by atoms with Crippen molar-refractivity contribution >= 4 is 11.6 Å². The van der Waals surface area contributed by atoms with E-state index in [9.17, 15) is 0 Å². The summed E-state index contributed by atoms with van der Waals surface area (Å²) in [5, 5.41) is 8.92. The maximum absolute atomic E-state index is 6.14. The lowest BCUT2D eigenvalue weighted by Crippen LogP contribution is -2.07. The van der Waals surface area contributed by atoms with Crippen molar-refractivity contribution in [2.24, 2.45) is 5.73 Å². The smallest absolute Gasteiger partial charge is 0.146 e. The van der Waals surface area contributed by atoms with E-state index in [0.29, 0.717) is 29.0 Å². The number of aromatic nitrogens is 3. The van der Waals surface area contributed by atoms with Gasteiger partial charge in [-0.3, -0.25) is 0 Å². The normalized spacial score (nSPS) is 14.3. The monoisotopic (exact) mass is 308 g/mol. The molecule has 1 aliphatic carbocycles. The van der Waals surface area contributed by atoms with Crippen molar-refractivity contribution in [1.29, 1.82) is 0 Å². The molecule has 2 N–H and O–H groups in total. The molecule has 112 valence electrons. The summed E-state index contributed by atoms with van der Waals surface area (Å²) in [6, 6.07) is 3.53. The van der Waals surface area contributed by atoms with Crippen molar-refractivity contribution in [2.75, 3.05) is 14.2 Å².